The molecule has 2 aromatic rings. The predicted molar refractivity (Wildman–Crippen MR) is 115 cm³/mol. The Balaban J connectivity index is 1.58. The van der Waals surface area contributed by atoms with E-state index in [9.17, 15) is 9.59 Å². The Labute approximate surface area is 177 Å². The van der Waals surface area contributed by atoms with Crippen LogP contribution in [0.15, 0.2) is 54.6 Å². The summed E-state index contributed by atoms with van der Waals surface area (Å²) in [4.78, 5) is 33.9. The van der Waals surface area contributed by atoms with Gasteiger partial charge in [0.1, 0.15) is 5.75 Å². The fourth-order valence-electron chi connectivity index (χ4n) is 4.19. The number of fused-ring (bicyclic) bond motifs is 1. The highest BCUT2D eigenvalue weighted by atomic mass is 16.7. The summed E-state index contributed by atoms with van der Waals surface area (Å²) in [6.45, 7) is 4.80. The normalized spacial score (nSPS) is 23.2. The third-order valence-corrected chi connectivity index (χ3v) is 5.67. The quantitative estimate of drug-likeness (QED) is 0.608. The van der Waals surface area contributed by atoms with Gasteiger partial charge >= 0.3 is 0 Å². The Kier molecular flexibility index (Phi) is 6.04. The standard InChI is InChI=1S/C24H28N2O4/c1-3-5-11-20-21-22(30-26(20)18-9-7-6-8-10-18)24(28)25(23(21)27)17-12-14-19(15-13-17)29-16-4-2/h6-10,12-15,20-22H,3-5,11,16H2,1-2H3/t20-,21+,22-/m1/s1. The fourth-order valence-corrected chi connectivity index (χ4v) is 4.19. The molecule has 2 aliphatic rings. The summed E-state index contributed by atoms with van der Waals surface area (Å²) < 4.78 is 5.61. The molecule has 4 rings (SSSR count). The van der Waals surface area contributed by atoms with E-state index in [-0.39, 0.29) is 17.9 Å². The molecule has 2 heterocycles. The molecule has 2 saturated heterocycles. The van der Waals surface area contributed by atoms with Gasteiger partial charge in [-0.15, -0.1) is 0 Å². The van der Waals surface area contributed by atoms with Crippen molar-refractivity contribution in [3.05, 3.63) is 54.6 Å². The first kappa shape index (κ1) is 20.4. The zero-order valence-electron chi connectivity index (χ0n) is 17.5. The van der Waals surface area contributed by atoms with Crippen LogP contribution in [0.5, 0.6) is 5.75 Å². The van der Waals surface area contributed by atoms with Gasteiger partial charge in [-0.25, -0.2) is 9.96 Å². The Morgan fingerprint density at radius 2 is 1.63 bits per heavy atom. The van der Waals surface area contributed by atoms with E-state index in [1.165, 1.54) is 4.90 Å². The second kappa shape index (κ2) is 8.88. The largest absolute Gasteiger partial charge is 0.494 e. The molecule has 2 amide bonds. The van der Waals surface area contributed by atoms with Gasteiger partial charge in [0.05, 0.1) is 29.9 Å². The first-order chi connectivity index (χ1) is 14.7. The lowest BCUT2D eigenvalue weighted by atomic mass is 9.92. The summed E-state index contributed by atoms with van der Waals surface area (Å²) in [5.74, 6) is -0.258. The molecule has 2 aromatic carbocycles. The molecule has 158 valence electrons. The van der Waals surface area contributed by atoms with E-state index in [1.54, 1.807) is 29.3 Å². The van der Waals surface area contributed by atoms with Crippen LogP contribution in [0, 0.1) is 5.92 Å². The molecule has 0 N–H and O–H groups in total. The second-order valence-corrected chi connectivity index (χ2v) is 7.78. The molecule has 3 atom stereocenters. The van der Waals surface area contributed by atoms with Gasteiger partial charge in [-0.3, -0.25) is 14.4 Å². The molecule has 2 fully saturated rings. The summed E-state index contributed by atoms with van der Waals surface area (Å²) in [6, 6.07) is 16.7. The highest BCUT2D eigenvalue weighted by Gasteiger charge is 2.59. The van der Waals surface area contributed by atoms with Gasteiger partial charge in [0.2, 0.25) is 5.91 Å². The average Bonchev–Trinajstić information content (AvgIpc) is 3.27. The Bertz CT molecular complexity index is 884. The smallest absolute Gasteiger partial charge is 0.266 e. The molecular formula is C24H28N2O4. The highest BCUT2D eigenvalue weighted by molar-refractivity contribution is 6.23. The summed E-state index contributed by atoms with van der Waals surface area (Å²) in [7, 11) is 0. The van der Waals surface area contributed by atoms with Crippen LogP contribution in [-0.2, 0) is 14.4 Å². The number of para-hydroxylation sites is 1. The van der Waals surface area contributed by atoms with Gasteiger partial charge in [-0.2, -0.15) is 0 Å². The molecule has 0 aliphatic carbocycles. The third-order valence-electron chi connectivity index (χ3n) is 5.67. The van der Waals surface area contributed by atoms with Gasteiger partial charge in [0.25, 0.3) is 5.91 Å². The first-order valence-corrected chi connectivity index (χ1v) is 10.8. The van der Waals surface area contributed by atoms with E-state index < -0.39 is 12.0 Å². The Hall–Kier alpha value is -2.86. The van der Waals surface area contributed by atoms with Crippen LogP contribution in [0.2, 0.25) is 0 Å². The van der Waals surface area contributed by atoms with Gasteiger partial charge in [0.15, 0.2) is 6.10 Å². The maximum Gasteiger partial charge on any atom is 0.266 e. The summed E-state index contributed by atoms with van der Waals surface area (Å²) in [5.41, 5.74) is 1.44. The molecular weight excluding hydrogens is 380 g/mol. The molecule has 6 heteroatoms. The maximum absolute atomic E-state index is 13.4. The number of benzene rings is 2. The zero-order valence-corrected chi connectivity index (χ0v) is 17.5. The number of ether oxygens (including phenoxy) is 1. The molecule has 0 spiro atoms. The van der Waals surface area contributed by atoms with E-state index >= 15 is 0 Å². The SMILES string of the molecule is CCCC[C@@H]1[C@@H]2C(=O)N(c3ccc(OCCC)cc3)C(=O)[C@@H]2ON1c1ccccc1. The number of rotatable bonds is 8. The van der Waals surface area contributed by atoms with Crippen LogP contribution in [0.3, 0.4) is 0 Å². The average molecular weight is 408 g/mol. The monoisotopic (exact) mass is 408 g/mol. The Morgan fingerprint density at radius 1 is 0.900 bits per heavy atom. The van der Waals surface area contributed by atoms with E-state index in [0.29, 0.717) is 12.3 Å². The summed E-state index contributed by atoms with van der Waals surface area (Å²) in [5, 5.41) is 1.78. The molecule has 6 nitrogen and oxygen atoms in total. The lowest BCUT2D eigenvalue weighted by molar-refractivity contribution is -0.126. The lowest BCUT2D eigenvalue weighted by Gasteiger charge is -2.28. The number of unbranched alkanes of at least 4 members (excludes halogenated alkanes) is 1. The van der Waals surface area contributed by atoms with Crippen LogP contribution >= 0.6 is 0 Å². The van der Waals surface area contributed by atoms with Crippen molar-refractivity contribution in [3.8, 4) is 5.75 Å². The molecule has 30 heavy (non-hydrogen) atoms. The number of carbonyl (C=O) groups is 2. The minimum atomic E-state index is -0.782. The van der Waals surface area contributed by atoms with Gasteiger partial charge in [-0.1, -0.05) is 44.9 Å². The van der Waals surface area contributed by atoms with Crippen molar-refractivity contribution in [2.24, 2.45) is 5.92 Å². The van der Waals surface area contributed by atoms with Crippen LogP contribution in [0.1, 0.15) is 39.5 Å². The molecule has 0 aromatic heterocycles. The minimum Gasteiger partial charge on any atom is -0.494 e. The highest BCUT2D eigenvalue weighted by Crippen LogP contribution is 2.42. The summed E-state index contributed by atoms with van der Waals surface area (Å²) in [6.07, 6.45) is 2.91. The van der Waals surface area contributed by atoms with Crippen LogP contribution in [0.25, 0.3) is 0 Å². The number of imide groups is 1. The molecule has 0 radical (unpaired) electrons. The van der Waals surface area contributed by atoms with Gasteiger partial charge < -0.3 is 4.74 Å². The van der Waals surface area contributed by atoms with Gasteiger partial charge in [0, 0.05) is 0 Å². The molecule has 0 saturated carbocycles. The maximum atomic E-state index is 13.4. The zero-order chi connectivity index (χ0) is 21.1. The number of hydrogen-bond donors (Lipinski definition) is 0. The van der Waals surface area contributed by atoms with Crippen molar-refractivity contribution in [3.63, 3.8) is 0 Å². The lowest BCUT2D eigenvalue weighted by Crippen LogP contribution is -2.40. The number of carbonyl (C=O) groups excluding carboxylic acids is 2. The van der Waals surface area contributed by atoms with Crippen LogP contribution < -0.4 is 14.7 Å². The van der Waals surface area contributed by atoms with Crippen LogP contribution in [0.4, 0.5) is 11.4 Å². The number of hydroxylamine groups is 1. The second-order valence-electron chi connectivity index (χ2n) is 7.78. The van der Waals surface area contributed by atoms with Crippen LogP contribution in [-0.4, -0.2) is 30.6 Å². The fraction of sp³-hybridized carbons (Fsp3) is 0.417. The third kappa shape index (κ3) is 3.67. The number of amides is 2. The van der Waals surface area contributed by atoms with Crippen molar-refractivity contribution >= 4 is 23.2 Å². The first-order valence-electron chi connectivity index (χ1n) is 10.8. The van der Waals surface area contributed by atoms with Gasteiger partial charge in [-0.05, 0) is 49.2 Å². The minimum absolute atomic E-state index is 0.161. The molecule has 0 unspecified atom stereocenters. The Morgan fingerprint density at radius 3 is 2.30 bits per heavy atom. The van der Waals surface area contributed by atoms with E-state index in [4.69, 9.17) is 9.57 Å². The summed E-state index contributed by atoms with van der Waals surface area (Å²) >= 11 is 0. The van der Waals surface area contributed by atoms with Crippen molar-refractivity contribution < 1.29 is 19.2 Å². The molecule has 2 aliphatic heterocycles. The van der Waals surface area contributed by atoms with Crippen molar-refractivity contribution in [2.75, 3.05) is 16.6 Å². The number of anilines is 2. The van der Waals surface area contributed by atoms with Crippen molar-refractivity contribution in [2.45, 2.75) is 51.7 Å². The van der Waals surface area contributed by atoms with E-state index in [1.807, 2.05) is 37.3 Å². The number of hydrogen-bond acceptors (Lipinski definition) is 5. The van der Waals surface area contributed by atoms with E-state index in [0.717, 1.165) is 37.1 Å². The van der Waals surface area contributed by atoms with Crippen molar-refractivity contribution in [1.29, 1.82) is 0 Å². The molecule has 0 bridgehead atoms. The number of nitrogens with zero attached hydrogens (tertiary/aromatic N) is 2. The predicted octanol–water partition coefficient (Wildman–Crippen LogP) is 4.34. The van der Waals surface area contributed by atoms with Crippen molar-refractivity contribution in [1.82, 2.24) is 0 Å². The topological polar surface area (TPSA) is 59.1 Å². The van der Waals surface area contributed by atoms with E-state index in [2.05, 4.69) is 6.92 Å².